The molecule has 3 N–H and O–H groups in total. The summed E-state index contributed by atoms with van der Waals surface area (Å²) in [5.74, 6) is -0.0335. The molecule has 8 nitrogen and oxygen atoms in total. The van der Waals surface area contributed by atoms with E-state index in [0.29, 0.717) is 40.3 Å². The molecule has 1 aliphatic rings. The van der Waals surface area contributed by atoms with Crippen molar-refractivity contribution in [1.29, 1.82) is 0 Å². The van der Waals surface area contributed by atoms with Gasteiger partial charge in [-0.3, -0.25) is 0 Å². The number of anilines is 2. The number of hydrogen-bond donors (Lipinski definition) is 3. The van der Waals surface area contributed by atoms with E-state index < -0.39 is 12.0 Å². The third kappa shape index (κ3) is 6.58. The number of carbonyl (C=O) groups is 2. The Hall–Kier alpha value is -3.43. The summed E-state index contributed by atoms with van der Waals surface area (Å²) in [6, 6.07) is 14.1. The Morgan fingerprint density at radius 2 is 1.77 bits per heavy atom. The van der Waals surface area contributed by atoms with E-state index in [9.17, 15) is 9.59 Å². The molecule has 1 aliphatic heterocycles. The van der Waals surface area contributed by atoms with Crippen molar-refractivity contribution in [3.8, 4) is 0 Å². The molecule has 0 saturated carbocycles. The monoisotopic (exact) mass is 496 g/mol. The first-order valence-electron chi connectivity index (χ1n) is 11.4. The molecule has 1 atom stereocenters. The molecule has 2 aromatic carbocycles. The molecule has 0 fully saturated rings. The number of thiocarbonyl (C=S) groups is 1. The van der Waals surface area contributed by atoms with Crippen LogP contribution in [0.1, 0.15) is 43.9 Å². The lowest BCUT2D eigenvalue weighted by Gasteiger charge is -2.35. The predicted molar refractivity (Wildman–Crippen MR) is 141 cm³/mol. The van der Waals surface area contributed by atoms with Gasteiger partial charge in [0.15, 0.2) is 5.11 Å². The van der Waals surface area contributed by atoms with Gasteiger partial charge >= 0.3 is 12.0 Å². The van der Waals surface area contributed by atoms with Crippen LogP contribution in [0.25, 0.3) is 0 Å². The Bertz CT molecular complexity index is 1110. The van der Waals surface area contributed by atoms with Gasteiger partial charge in [-0.1, -0.05) is 38.1 Å². The molecular formula is C26H32N4O4S. The largest absolute Gasteiger partial charge is 0.460 e. The summed E-state index contributed by atoms with van der Waals surface area (Å²) < 4.78 is 10.4. The highest BCUT2D eigenvalue weighted by molar-refractivity contribution is 7.80. The number of nitrogens with one attached hydrogen (secondary N) is 3. The van der Waals surface area contributed by atoms with Crippen molar-refractivity contribution in [1.82, 2.24) is 10.2 Å². The van der Waals surface area contributed by atoms with Gasteiger partial charge < -0.3 is 30.3 Å². The van der Waals surface area contributed by atoms with Crippen molar-refractivity contribution < 1.29 is 19.1 Å². The number of amides is 2. The first kappa shape index (κ1) is 26.2. The van der Waals surface area contributed by atoms with E-state index >= 15 is 0 Å². The summed E-state index contributed by atoms with van der Waals surface area (Å²) in [6.45, 7) is 6.52. The Balaban J connectivity index is 1.78. The molecule has 35 heavy (non-hydrogen) atoms. The third-order valence-electron chi connectivity index (χ3n) is 5.81. The maximum absolute atomic E-state index is 12.9. The Morgan fingerprint density at radius 3 is 2.43 bits per heavy atom. The fraction of sp³-hybridized carbons (Fsp3) is 0.346. The molecule has 2 amide bonds. The van der Waals surface area contributed by atoms with E-state index in [4.69, 9.17) is 21.7 Å². The van der Waals surface area contributed by atoms with Crippen LogP contribution >= 0.6 is 12.2 Å². The van der Waals surface area contributed by atoms with Gasteiger partial charge in [-0.05, 0) is 60.5 Å². The van der Waals surface area contributed by atoms with Crippen LogP contribution in [-0.4, -0.2) is 49.4 Å². The van der Waals surface area contributed by atoms with Gasteiger partial charge in [0.25, 0.3) is 0 Å². The van der Waals surface area contributed by atoms with Crippen LogP contribution in [0.5, 0.6) is 0 Å². The van der Waals surface area contributed by atoms with E-state index in [1.807, 2.05) is 49.4 Å². The van der Waals surface area contributed by atoms with Crippen LogP contribution in [0.2, 0.25) is 0 Å². The smallest absolute Gasteiger partial charge is 0.338 e. The molecule has 1 heterocycles. The number of carbonyl (C=O) groups excluding carboxylic acids is 2. The fourth-order valence-corrected chi connectivity index (χ4v) is 3.94. The minimum Gasteiger partial charge on any atom is -0.460 e. The van der Waals surface area contributed by atoms with Gasteiger partial charge in [0, 0.05) is 31.2 Å². The summed E-state index contributed by atoms with van der Waals surface area (Å²) in [5, 5.41) is 9.39. The van der Waals surface area contributed by atoms with Crippen LogP contribution in [0.4, 0.5) is 16.2 Å². The molecule has 0 radical (unpaired) electrons. The minimum absolute atomic E-state index is 0.146. The number of urea groups is 1. The maximum Gasteiger partial charge on any atom is 0.338 e. The quantitative estimate of drug-likeness (QED) is 0.275. The fourth-order valence-electron chi connectivity index (χ4n) is 3.69. The third-order valence-corrected chi connectivity index (χ3v) is 6.20. The first-order chi connectivity index (χ1) is 16.7. The van der Waals surface area contributed by atoms with Crippen LogP contribution < -0.4 is 16.0 Å². The Kier molecular flexibility index (Phi) is 8.84. The lowest BCUT2D eigenvalue weighted by molar-refractivity contribution is -0.140. The second-order valence-electron chi connectivity index (χ2n) is 8.55. The SMILES string of the molecule is COCCOC(=O)C1=C(C)N(C)C(=S)N[C@@H]1c1cccc(NC(=O)Nc2ccc(C(C)C)cc2)c1. The van der Waals surface area contributed by atoms with Gasteiger partial charge in [-0.15, -0.1) is 0 Å². The molecular weight excluding hydrogens is 464 g/mol. The zero-order valence-electron chi connectivity index (χ0n) is 20.7. The number of methoxy groups -OCH3 is 1. The molecule has 0 aliphatic carbocycles. The van der Waals surface area contributed by atoms with E-state index in [0.717, 1.165) is 5.56 Å². The van der Waals surface area contributed by atoms with E-state index in [1.165, 1.54) is 5.56 Å². The topological polar surface area (TPSA) is 91.9 Å². The standard InChI is InChI=1S/C26H32N4O4S/c1-16(2)18-9-11-20(12-10-18)27-25(32)28-21-8-6-7-19(15-21)23-22(24(31)34-14-13-33-5)17(3)30(4)26(35)29-23/h6-12,15-16,23H,13-14H2,1-5H3,(H,29,35)(H2,27,28,32)/t23-/m1/s1. The van der Waals surface area contributed by atoms with E-state index in [-0.39, 0.29) is 12.6 Å². The average Bonchev–Trinajstić information content (AvgIpc) is 2.82. The van der Waals surface area contributed by atoms with Crippen LogP contribution in [0.15, 0.2) is 59.8 Å². The summed E-state index contributed by atoms with van der Waals surface area (Å²) in [7, 11) is 3.34. The maximum atomic E-state index is 12.9. The van der Waals surface area contributed by atoms with Crippen LogP contribution in [0.3, 0.4) is 0 Å². The first-order valence-corrected chi connectivity index (χ1v) is 11.8. The van der Waals surface area contributed by atoms with Crippen molar-refractivity contribution in [2.24, 2.45) is 0 Å². The number of allylic oxidation sites excluding steroid dienone is 1. The highest BCUT2D eigenvalue weighted by Gasteiger charge is 2.33. The number of hydrogen-bond acceptors (Lipinski definition) is 5. The number of esters is 1. The second-order valence-corrected chi connectivity index (χ2v) is 8.94. The number of nitrogens with zero attached hydrogens (tertiary/aromatic N) is 1. The molecule has 0 saturated heterocycles. The second kappa shape index (κ2) is 11.8. The van der Waals surface area contributed by atoms with Crippen LogP contribution in [0, 0.1) is 0 Å². The lowest BCUT2D eigenvalue weighted by atomic mass is 9.95. The molecule has 0 spiro atoms. The minimum atomic E-state index is -0.526. The molecule has 0 aromatic heterocycles. The van der Waals surface area contributed by atoms with Crippen molar-refractivity contribution >= 4 is 40.7 Å². The normalized spacial score (nSPS) is 15.7. The van der Waals surface area contributed by atoms with Crippen molar-refractivity contribution in [2.75, 3.05) is 38.0 Å². The molecule has 9 heteroatoms. The molecule has 2 aromatic rings. The Labute approximate surface area is 211 Å². The van der Waals surface area contributed by atoms with Gasteiger partial charge in [0.1, 0.15) is 6.61 Å². The van der Waals surface area contributed by atoms with Gasteiger partial charge in [-0.2, -0.15) is 0 Å². The predicted octanol–water partition coefficient (Wildman–Crippen LogP) is 4.78. The highest BCUT2D eigenvalue weighted by Crippen LogP contribution is 2.32. The summed E-state index contributed by atoms with van der Waals surface area (Å²) in [5.41, 5.74) is 4.39. The van der Waals surface area contributed by atoms with Gasteiger partial charge in [-0.25, -0.2) is 9.59 Å². The van der Waals surface area contributed by atoms with E-state index in [2.05, 4.69) is 29.8 Å². The lowest BCUT2D eigenvalue weighted by Crippen LogP contribution is -2.46. The molecule has 0 bridgehead atoms. The number of rotatable bonds is 8. The van der Waals surface area contributed by atoms with Gasteiger partial charge in [0.2, 0.25) is 0 Å². The summed E-state index contributed by atoms with van der Waals surface area (Å²) in [4.78, 5) is 27.3. The molecule has 0 unspecified atom stereocenters. The average molecular weight is 497 g/mol. The van der Waals surface area contributed by atoms with Crippen molar-refractivity contribution in [3.05, 3.63) is 70.9 Å². The van der Waals surface area contributed by atoms with Crippen molar-refractivity contribution in [3.63, 3.8) is 0 Å². The summed E-state index contributed by atoms with van der Waals surface area (Å²) in [6.07, 6.45) is 0. The molecule has 186 valence electrons. The number of ether oxygens (including phenoxy) is 2. The zero-order valence-corrected chi connectivity index (χ0v) is 21.5. The zero-order chi connectivity index (χ0) is 25.5. The highest BCUT2D eigenvalue weighted by atomic mass is 32.1. The van der Waals surface area contributed by atoms with Gasteiger partial charge in [0.05, 0.1) is 18.2 Å². The molecule has 3 rings (SSSR count). The summed E-state index contributed by atoms with van der Waals surface area (Å²) >= 11 is 5.46. The number of benzene rings is 2. The Morgan fingerprint density at radius 1 is 1.09 bits per heavy atom. The van der Waals surface area contributed by atoms with Crippen LogP contribution in [-0.2, 0) is 14.3 Å². The van der Waals surface area contributed by atoms with E-state index in [1.54, 1.807) is 25.1 Å². The van der Waals surface area contributed by atoms with Crippen molar-refractivity contribution in [2.45, 2.75) is 32.7 Å².